The van der Waals surface area contributed by atoms with Crippen molar-refractivity contribution < 1.29 is 16.8 Å². The van der Waals surface area contributed by atoms with Crippen molar-refractivity contribution in [1.29, 1.82) is 0 Å². The number of sulfonamides is 1. The number of anilines is 1. The van der Waals surface area contributed by atoms with Crippen molar-refractivity contribution >= 4 is 25.5 Å². The summed E-state index contributed by atoms with van der Waals surface area (Å²) in [4.78, 5) is 0.128. The van der Waals surface area contributed by atoms with Crippen molar-refractivity contribution in [3.8, 4) is 0 Å². The van der Waals surface area contributed by atoms with Crippen LogP contribution in [-0.4, -0.2) is 35.4 Å². The summed E-state index contributed by atoms with van der Waals surface area (Å²) in [6.07, 6.45) is 1.06. The van der Waals surface area contributed by atoms with Crippen molar-refractivity contribution in [3.63, 3.8) is 0 Å². The van der Waals surface area contributed by atoms with Crippen LogP contribution in [0.5, 0.6) is 0 Å². The van der Waals surface area contributed by atoms with Crippen LogP contribution in [0.3, 0.4) is 0 Å². The van der Waals surface area contributed by atoms with Crippen LogP contribution in [-0.2, 0) is 19.9 Å². The van der Waals surface area contributed by atoms with Crippen LogP contribution in [0.2, 0.25) is 0 Å². The van der Waals surface area contributed by atoms with Crippen LogP contribution < -0.4 is 10.5 Å². The van der Waals surface area contributed by atoms with E-state index < -0.39 is 19.9 Å². The number of rotatable bonds is 5. The Balaban J connectivity index is 3.17. The topological polar surface area (TPSA) is 106 Å². The number of nitrogen functional groups attached to an aromatic ring is 1. The van der Waals surface area contributed by atoms with Crippen LogP contribution in [0.15, 0.2) is 11.0 Å². The Labute approximate surface area is 120 Å². The van der Waals surface area contributed by atoms with Gasteiger partial charge in [0.05, 0.1) is 10.6 Å². The molecule has 0 saturated carbocycles. The molecule has 0 amide bonds. The molecule has 0 aliphatic rings. The predicted molar refractivity (Wildman–Crippen MR) is 80.0 cm³/mol. The van der Waals surface area contributed by atoms with Gasteiger partial charge in [0, 0.05) is 18.5 Å². The Bertz CT molecular complexity index is 696. The van der Waals surface area contributed by atoms with Crippen LogP contribution in [0, 0.1) is 20.8 Å². The third-order valence-electron chi connectivity index (χ3n) is 3.11. The second-order valence-electron chi connectivity index (χ2n) is 4.89. The molecule has 114 valence electrons. The third-order valence-corrected chi connectivity index (χ3v) is 5.79. The minimum atomic E-state index is -3.78. The van der Waals surface area contributed by atoms with Gasteiger partial charge in [0.1, 0.15) is 9.84 Å². The van der Waals surface area contributed by atoms with E-state index in [0.29, 0.717) is 16.8 Å². The average Bonchev–Trinajstić information content (AvgIpc) is 2.24. The van der Waals surface area contributed by atoms with Crippen molar-refractivity contribution in [1.82, 2.24) is 4.72 Å². The maximum absolute atomic E-state index is 12.3. The lowest BCUT2D eigenvalue weighted by Gasteiger charge is -2.15. The lowest BCUT2D eigenvalue weighted by atomic mass is 10.1. The molecule has 0 aliphatic heterocycles. The Kier molecular flexibility index (Phi) is 4.83. The fraction of sp³-hybridized carbons (Fsp3) is 0.500. The monoisotopic (exact) mass is 320 g/mol. The molecule has 0 bridgehead atoms. The molecule has 0 atom stereocenters. The number of sulfone groups is 1. The fourth-order valence-corrected chi connectivity index (χ4v) is 4.08. The summed E-state index contributed by atoms with van der Waals surface area (Å²) in [7, 11) is -7.00. The van der Waals surface area contributed by atoms with Crippen molar-refractivity contribution in [3.05, 3.63) is 22.8 Å². The molecule has 0 aliphatic carbocycles. The van der Waals surface area contributed by atoms with E-state index in [9.17, 15) is 16.8 Å². The first-order chi connectivity index (χ1) is 8.96. The second-order valence-corrected chi connectivity index (χ2v) is 8.85. The van der Waals surface area contributed by atoms with Gasteiger partial charge in [0.25, 0.3) is 0 Å². The van der Waals surface area contributed by atoms with Crippen molar-refractivity contribution in [2.75, 3.05) is 24.3 Å². The smallest absolute Gasteiger partial charge is 0.241 e. The summed E-state index contributed by atoms with van der Waals surface area (Å²) in [5.41, 5.74) is 8.06. The summed E-state index contributed by atoms with van der Waals surface area (Å²) >= 11 is 0. The first-order valence-corrected chi connectivity index (χ1v) is 9.54. The lowest BCUT2D eigenvalue weighted by molar-refractivity contribution is 0.580. The fourth-order valence-electron chi connectivity index (χ4n) is 1.88. The van der Waals surface area contributed by atoms with E-state index in [4.69, 9.17) is 5.73 Å². The molecule has 1 rings (SSSR count). The van der Waals surface area contributed by atoms with Gasteiger partial charge in [-0.2, -0.15) is 0 Å². The maximum Gasteiger partial charge on any atom is 0.241 e. The zero-order valence-corrected chi connectivity index (χ0v) is 13.7. The minimum absolute atomic E-state index is 0.128. The van der Waals surface area contributed by atoms with Gasteiger partial charge in [-0.25, -0.2) is 21.6 Å². The zero-order chi connectivity index (χ0) is 15.7. The van der Waals surface area contributed by atoms with Gasteiger partial charge in [0.2, 0.25) is 10.0 Å². The standard InChI is InChI=1S/C12H20N2O4S2/c1-8-7-11(13)10(3)12(9(8)2)20(17,18)14-5-6-19(4,15)16/h7,14H,5-6,13H2,1-4H3. The highest BCUT2D eigenvalue weighted by molar-refractivity contribution is 7.91. The van der Waals surface area contributed by atoms with E-state index in [1.807, 2.05) is 0 Å². The number of hydrogen-bond acceptors (Lipinski definition) is 5. The molecule has 6 nitrogen and oxygen atoms in total. The predicted octanol–water partition coefficient (Wildman–Crippen LogP) is 0.517. The van der Waals surface area contributed by atoms with E-state index in [0.717, 1.165) is 11.8 Å². The number of nitrogens with one attached hydrogen (secondary N) is 1. The van der Waals surface area contributed by atoms with E-state index in [-0.39, 0.29) is 17.2 Å². The van der Waals surface area contributed by atoms with Gasteiger partial charge in [-0.3, -0.25) is 0 Å². The molecule has 0 aromatic heterocycles. The Morgan fingerprint density at radius 3 is 2.15 bits per heavy atom. The summed E-state index contributed by atoms with van der Waals surface area (Å²) in [5, 5.41) is 0. The molecule has 1 aromatic carbocycles. The van der Waals surface area contributed by atoms with Crippen LogP contribution in [0.25, 0.3) is 0 Å². The van der Waals surface area contributed by atoms with Gasteiger partial charge in [0.15, 0.2) is 0 Å². The molecule has 0 fully saturated rings. The van der Waals surface area contributed by atoms with Crippen LogP contribution >= 0.6 is 0 Å². The highest BCUT2D eigenvalue weighted by Crippen LogP contribution is 2.27. The van der Waals surface area contributed by atoms with Crippen molar-refractivity contribution in [2.24, 2.45) is 0 Å². The zero-order valence-electron chi connectivity index (χ0n) is 12.0. The SMILES string of the molecule is Cc1cc(N)c(C)c(S(=O)(=O)NCCS(C)(=O)=O)c1C. The molecule has 0 radical (unpaired) electrons. The summed E-state index contributed by atoms with van der Waals surface area (Å²) in [6.45, 7) is 4.95. The van der Waals surface area contributed by atoms with E-state index in [1.165, 1.54) is 0 Å². The highest BCUT2D eigenvalue weighted by atomic mass is 32.2. The van der Waals surface area contributed by atoms with Gasteiger partial charge in [-0.05, 0) is 43.5 Å². The molecule has 1 aromatic rings. The van der Waals surface area contributed by atoms with Gasteiger partial charge >= 0.3 is 0 Å². The Morgan fingerprint density at radius 2 is 1.65 bits per heavy atom. The van der Waals surface area contributed by atoms with E-state index in [1.54, 1.807) is 26.8 Å². The Hall–Kier alpha value is -1.12. The molecule has 0 saturated heterocycles. The maximum atomic E-state index is 12.3. The van der Waals surface area contributed by atoms with E-state index >= 15 is 0 Å². The Morgan fingerprint density at radius 1 is 1.10 bits per heavy atom. The highest BCUT2D eigenvalue weighted by Gasteiger charge is 2.22. The number of nitrogens with two attached hydrogens (primary N) is 1. The summed E-state index contributed by atoms with van der Waals surface area (Å²) in [5.74, 6) is -0.244. The molecule has 0 spiro atoms. The van der Waals surface area contributed by atoms with E-state index in [2.05, 4.69) is 4.72 Å². The summed E-state index contributed by atoms with van der Waals surface area (Å²) in [6, 6.07) is 1.72. The molecule has 20 heavy (non-hydrogen) atoms. The quantitative estimate of drug-likeness (QED) is 0.769. The van der Waals surface area contributed by atoms with Crippen molar-refractivity contribution in [2.45, 2.75) is 25.7 Å². The molecular formula is C12H20N2O4S2. The molecular weight excluding hydrogens is 300 g/mol. The van der Waals surface area contributed by atoms with Gasteiger partial charge in [-0.15, -0.1) is 0 Å². The largest absolute Gasteiger partial charge is 0.398 e. The lowest BCUT2D eigenvalue weighted by Crippen LogP contribution is -2.30. The molecule has 3 N–H and O–H groups in total. The van der Waals surface area contributed by atoms with Gasteiger partial charge < -0.3 is 5.73 Å². The number of benzene rings is 1. The number of aryl methyl sites for hydroxylation is 1. The minimum Gasteiger partial charge on any atom is -0.398 e. The first kappa shape index (κ1) is 16.9. The molecule has 0 unspecified atom stereocenters. The van der Waals surface area contributed by atoms with Crippen LogP contribution in [0.4, 0.5) is 5.69 Å². The molecule has 8 heteroatoms. The first-order valence-electron chi connectivity index (χ1n) is 5.99. The van der Waals surface area contributed by atoms with Gasteiger partial charge in [-0.1, -0.05) is 0 Å². The third kappa shape index (κ3) is 3.94. The average molecular weight is 320 g/mol. The van der Waals surface area contributed by atoms with Crippen LogP contribution in [0.1, 0.15) is 16.7 Å². The summed E-state index contributed by atoms with van der Waals surface area (Å²) < 4.78 is 49.0. The molecule has 0 heterocycles. The normalized spacial score (nSPS) is 12.6. The number of hydrogen-bond donors (Lipinski definition) is 2. The second kappa shape index (κ2) is 5.71.